The number of aryl methyl sites for hydroxylation is 1. The van der Waals surface area contributed by atoms with Gasteiger partial charge in [0.2, 0.25) is 0 Å². The second-order valence-corrected chi connectivity index (χ2v) is 4.29. The molecule has 2 rings (SSSR count). The molecule has 1 aromatic carbocycles. The SMILES string of the molecule is CC#CCCNC1CCc2ccc(OC)cc21. The summed E-state index contributed by atoms with van der Waals surface area (Å²) < 4.78 is 5.28. The lowest BCUT2D eigenvalue weighted by atomic mass is 10.1. The van der Waals surface area contributed by atoms with Crippen LogP contribution in [0.15, 0.2) is 18.2 Å². The lowest BCUT2D eigenvalue weighted by Crippen LogP contribution is -2.20. The molecule has 0 aromatic heterocycles. The third kappa shape index (κ3) is 2.81. The van der Waals surface area contributed by atoms with Crippen LogP contribution in [-0.2, 0) is 6.42 Å². The molecule has 1 aliphatic rings. The molecule has 0 heterocycles. The second-order valence-electron chi connectivity index (χ2n) is 4.29. The first kappa shape index (κ1) is 12.0. The molecule has 0 fully saturated rings. The standard InChI is InChI=1S/C15H19NO/c1-3-4-5-10-16-15-9-7-12-6-8-13(17-2)11-14(12)15/h6,8,11,15-16H,5,7,9-10H2,1-2H3. The number of methoxy groups -OCH3 is 1. The summed E-state index contributed by atoms with van der Waals surface area (Å²) in [5.41, 5.74) is 2.85. The number of ether oxygens (including phenoxy) is 1. The Morgan fingerprint density at radius 1 is 1.47 bits per heavy atom. The molecule has 1 unspecified atom stereocenters. The van der Waals surface area contributed by atoms with Crippen LogP contribution in [0.25, 0.3) is 0 Å². The van der Waals surface area contributed by atoms with Crippen molar-refractivity contribution >= 4 is 0 Å². The number of hydrogen-bond acceptors (Lipinski definition) is 2. The highest BCUT2D eigenvalue weighted by molar-refractivity contribution is 5.40. The molecule has 0 spiro atoms. The summed E-state index contributed by atoms with van der Waals surface area (Å²) >= 11 is 0. The van der Waals surface area contributed by atoms with Gasteiger partial charge in [0.25, 0.3) is 0 Å². The van der Waals surface area contributed by atoms with Crippen LogP contribution >= 0.6 is 0 Å². The molecule has 17 heavy (non-hydrogen) atoms. The van der Waals surface area contributed by atoms with Gasteiger partial charge < -0.3 is 10.1 Å². The quantitative estimate of drug-likeness (QED) is 0.633. The zero-order valence-electron chi connectivity index (χ0n) is 10.5. The average molecular weight is 229 g/mol. The Hall–Kier alpha value is -1.46. The molecule has 1 aliphatic carbocycles. The fourth-order valence-corrected chi connectivity index (χ4v) is 2.35. The van der Waals surface area contributed by atoms with Crippen molar-refractivity contribution in [2.24, 2.45) is 0 Å². The maximum atomic E-state index is 5.28. The number of fused-ring (bicyclic) bond motifs is 1. The number of benzene rings is 1. The molecule has 2 nitrogen and oxygen atoms in total. The van der Waals surface area contributed by atoms with Crippen LogP contribution in [0.2, 0.25) is 0 Å². The summed E-state index contributed by atoms with van der Waals surface area (Å²) in [5, 5.41) is 3.57. The first-order valence-corrected chi connectivity index (χ1v) is 6.15. The lowest BCUT2D eigenvalue weighted by Gasteiger charge is -2.13. The molecule has 0 bridgehead atoms. The van der Waals surface area contributed by atoms with Crippen LogP contribution in [0.3, 0.4) is 0 Å². The zero-order valence-corrected chi connectivity index (χ0v) is 10.5. The summed E-state index contributed by atoms with van der Waals surface area (Å²) in [4.78, 5) is 0. The molecule has 1 aromatic rings. The highest BCUT2D eigenvalue weighted by atomic mass is 16.5. The van der Waals surface area contributed by atoms with E-state index in [1.54, 1.807) is 7.11 Å². The van der Waals surface area contributed by atoms with Crippen LogP contribution in [0.4, 0.5) is 0 Å². The molecule has 2 heteroatoms. The number of hydrogen-bond donors (Lipinski definition) is 1. The van der Waals surface area contributed by atoms with Crippen molar-refractivity contribution in [2.75, 3.05) is 13.7 Å². The Bertz CT molecular complexity index is 442. The first-order valence-electron chi connectivity index (χ1n) is 6.15. The molecule has 0 aliphatic heterocycles. The normalized spacial score (nSPS) is 17.2. The molecule has 90 valence electrons. The van der Waals surface area contributed by atoms with Gasteiger partial charge in [0, 0.05) is 19.0 Å². The Morgan fingerprint density at radius 2 is 2.35 bits per heavy atom. The van der Waals surface area contributed by atoms with E-state index in [-0.39, 0.29) is 0 Å². The van der Waals surface area contributed by atoms with Crippen molar-refractivity contribution in [3.8, 4) is 17.6 Å². The van der Waals surface area contributed by atoms with E-state index in [1.807, 2.05) is 13.0 Å². The summed E-state index contributed by atoms with van der Waals surface area (Å²) in [6.45, 7) is 2.85. The third-order valence-corrected chi connectivity index (χ3v) is 3.25. The third-order valence-electron chi connectivity index (χ3n) is 3.25. The van der Waals surface area contributed by atoms with E-state index < -0.39 is 0 Å². The fraction of sp³-hybridized carbons (Fsp3) is 0.467. The Balaban J connectivity index is 2.01. The van der Waals surface area contributed by atoms with Crippen molar-refractivity contribution < 1.29 is 4.74 Å². The Morgan fingerprint density at radius 3 is 3.12 bits per heavy atom. The van der Waals surface area contributed by atoms with E-state index >= 15 is 0 Å². The smallest absolute Gasteiger partial charge is 0.119 e. The van der Waals surface area contributed by atoms with Crippen molar-refractivity contribution in [2.45, 2.75) is 32.2 Å². The predicted molar refractivity (Wildman–Crippen MR) is 70.1 cm³/mol. The van der Waals surface area contributed by atoms with Gasteiger partial charge in [-0.15, -0.1) is 11.8 Å². The van der Waals surface area contributed by atoms with Gasteiger partial charge in [-0.05, 0) is 43.0 Å². The molecular weight excluding hydrogens is 210 g/mol. The van der Waals surface area contributed by atoms with Gasteiger partial charge in [-0.3, -0.25) is 0 Å². The highest BCUT2D eigenvalue weighted by Gasteiger charge is 2.21. The highest BCUT2D eigenvalue weighted by Crippen LogP contribution is 2.33. The number of nitrogens with one attached hydrogen (secondary N) is 1. The summed E-state index contributed by atoms with van der Waals surface area (Å²) in [7, 11) is 1.72. The van der Waals surface area contributed by atoms with Crippen LogP contribution in [0, 0.1) is 11.8 Å². The van der Waals surface area contributed by atoms with E-state index in [9.17, 15) is 0 Å². The van der Waals surface area contributed by atoms with E-state index in [0.717, 1.165) is 25.1 Å². The average Bonchev–Trinajstić information content (AvgIpc) is 2.77. The minimum Gasteiger partial charge on any atom is -0.497 e. The summed E-state index contributed by atoms with van der Waals surface area (Å²) in [6.07, 6.45) is 3.27. The molecule has 1 N–H and O–H groups in total. The van der Waals surface area contributed by atoms with Crippen LogP contribution in [0.5, 0.6) is 5.75 Å². The first-order chi connectivity index (χ1) is 8.35. The van der Waals surface area contributed by atoms with Crippen molar-refractivity contribution in [1.82, 2.24) is 5.32 Å². The van der Waals surface area contributed by atoms with Gasteiger partial charge in [-0.1, -0.05) is 6.07 Å². The molecule has 0 saturated carbocycles. The van der Waals surface area contributed by atoms with Gasteiger partial charge in [0.15, 0.2) is 0 Å². The van der Waals surface area contributed by atoms with Gasteiger partial charge in [-0.2, -0.15) is 0 Å². The van der Waals surface area contributed by atoms with Gasteiger partial charge in [0.1, 0.15) is 5.75 Å². The molecule has 1 atom stereocenters. The molecular formula is C15H19NO. The minimum absolute atomic E-state index is 0.471. The van der Waals surface area contributed by atoms with Crippen LogP contribution in [0.1, 0.15) is 36.9 Å². The van der Waals surface area contributed by atoms with Gasteiger partial charge in [0.05, 0.1) is 7.11 Å². The lowest BCUT2D eigenvalue weighted by molar-refractivity contribution is 0.413. The largest absolute Gasteiger partial charge is 0.497 e. The zero-order chi connectivity index (χ0) is 12.1. The summed E-state index contributed by atoms with van der Waals surface area (Å²) in [5.74, 6) is 6.95. The monoisotopic (exact) mass is 229 g/mol. The van der Waals surface area contributed by atoms with E-state index in [1.165, 1.54) is 17.5 Å². The Labute approximate surface area is 103 Å². The van der Waals surface area contributed by atoms with E-state index in [4.69, 9.17) is 4.74 Å². The van der Waals surface area contributed by atoms with Crippen molar-refractivity contribution in [3.63, 3.8) is 0 Å². The van der Waals surface area contributed by atoms with E-state index in [2.05, 4.69) is 29.3 Å². The van der Waals surface area contributed by atoms with Crippen LogP contribution in [-0.4, -0.2) is 13.7 Å². The molecule has 0 radical (unpaired) electrons. The summed E-state index contributed by atoms with van der Waals surface area (Å²) in [6, 6.07) is 6.86. The fourth-order valence-electron chi connectivity index (χ4n) is 2.35. The van der Waals surface area contributed by atoms with Gasteiger partial charge >= 0.3 is 0 Å². The second kappa shape index (κ2) is 5.75. The van der Waals surface area contributed by atoms with Crippen molar-refractivity contribution in [3.05, 3.63) is 29.3 Å². The maximum Gasteiger partial charge on any atom is 0.119 e. The number of rotatable bonds is 4. The topological polar surface area (TPSA) is 21.3 Å². The minimum atomic E-state index is 0.471. The maximum absolute atomic E-state index is 5.28. The predicted octanol–water partition coefficient (Wildman–Crippen LogP) is 2.69. The molecule has 0 amide bonds. The molecule has 0 saturated heterocycles. The van der Waals surface area contributed by atoms with Gasteiger partial charge in [-0.25, -0.2) is 0 Å². The van der Waals surface area contributed by atoms with E-state index in [0.29, 0.717) is 6.04 Å². The van der Waals surface area contributed by atoms with Crippen LogP contribution < -0.4 is 10.1 Å². The Kier molecular flexibility index (Phi) is 4.06. The van der Waals surface area contributed by atoms with Crippen molar-refractivity contribution in [1.29, 1.82) is 0 Å².